The maximum atomic E-state index is 12.4. The van der Waals surface area contributed by atoms with Crippen LogP contribution in [0.25, 0.3) is 0 Å². The standard InChI is InChI=1S/C15H19N5O3S/c1-2-23-15-14(17-7-8-18-15)20-9-5-12(11-20)19-24(21,22)13-4-3-6-16-10-13/h3-4,6-8,10,12,19H,2,5,9,11H2,1H3/t12-/m0/s1. The third-order valence-corrected chi connectivity index (χ3v) is 5.19. The van der Waals surface area contributed by atoms with Crippen molar-refractivity contribution in [2.24, 2.45) is 0 Å². The first-order chi connectivity index (χ1) is 11.6. The molecule has 2 aromatic heterocycles. The fourth-order valence-electron chi connectivity index (χ4n) is 2.62. The van der Waals surface area contributed by atoms with Crippen molar-refractivity contribution in [2.75, 3.05) is 24.6 Å². The van der Waals surface area contributed by atoms with Crippen molar-refractivity contribution in [3.63, 3.8) is 0 Å². The molecule has 1 N–H and O–H groups in total. The van der Waals surface area contributed by atoms with Gasteiger partial charge in [-0.1, -0.05) is 0 Å². The minimum absolute atomic E-state index is 0.165. The van der Waals surface area contributed by atoms with E-state index in [2.05, 4.69) is 19.7 Å². The van der Waals surface area contributed by atoms with E-state index in [0.29, 0.717) is 37.8 Å². The molecule has 128 valence electrons. The molecular formula is C15H19N5O3S. The number of ether oxygens (including phenoxy) is 1. The summed E-state index contributed by atoms with van der Waals surface area (Å²) in [5.74, 6) is 1.11. The number of nitrogens with zero attached hydrogens (tertiary/aromatic N) is 4. The molecule has 1 aliphatic rings. The van der Waals surface area contributed by atoms with Gasteiger partial charge in [0.15, 0.2) is 5.82 Å². The van der Waals surface area contributed by atoms with Crippen LogP contribution < -0.4 is 14.4 Å². The zero-order chi connectivity index (χ0) is 17.0. The molecule has 0 aliphatic carbocycles. The van der Waals surface area contributed by atoms with Gasteiger partial charge < -0.3 is 9.64 Å². The van der Waals surface area contributed by atoms with E-state index < -0.39 is 10.0 Å². The van der Waals surface area contributed by atoms with Gasteiger partial charge in [-0.25, -0.2) is 23.1 Å². The summed E-state index contributed by atoms with van der Waals surface area (Å²) < 4.78 is 33.0. The molecule has 0 bridgehead atoms. The summed E-state index contributed by atoms with van der Waals surface area (Å²) in [5, 5.41) is 0. The monoisotopic (exact) mass is 349 g/mol. The molecular weight excluding hydrogens is 330 g/mol. The molecule has 1 aliphatic heterocycles. The quantitative estimate of drug-likeness (QED) is 0.825. The summed E-state index contributed by atoms with van der Waals surface area (Å²) in [6.07, 6.45) is 6.74. The van der Waals surface area contributed by atoms with E-state index in [-0.39, 0.29) is 10.9 Å². The average molecular weight is 349 g/mol. The van der Waals surface area contributed by atoms with E-state index in [9.17, 15) is 8.42 Å². The number of pyridine rings is 1. The van der Waals surface area contributed by atoms with Crippen molar-refractivity contribution in [3.8, 4) is 5.88 Å². The van der Waals surface area contributed by atoms with Crippen LogP contribution in [0.5, 0.6) is 5.88 Å². The van der Waals surface area contributed by atoms with Crippen molar-refractivity contribution < 1.29 is 13.2 Å². The van der Waals surface area contributed by atoms with Gasteiger partial charge in [-0.05, 0) is 25.5 Å². The predicted molar refractivity (Wildman–Crippen MR) is 88.4 cm³/mol. The lowest BCUT2D eigenvalue weighted by Gasteiger charge is -2.19. The number of aromatic nitrogens is 3. The molecule has 9 heteroatoms. The van der Waals surface area contributed by atoms with E-state index in [0.717, 1.165) is 0 Å². The number of anilines is 1. The third kappa shape index (κ3) is 3.62. The predicted octanol–water partition coefficient (Wildman–Crippen LogP) is 0.827. The molecule has 8 nitrogen and oxygen atoms in total. The Hall–Kier alpha value is -2.26. The molecule has 0 unspecified atom stereocenters. The minimum atomic E-state index is -3.58. The Morgan fingerprint density at radius 1 is 1.33 bits per heavy atom. The Morgan fingerprint density at radius 3 is 2.92 bits per heavy atom. The molecule has 0 spiro atoms. The summed E-state index contributed by atoms with van der Waals surface area (Å²) in [7, 11) is -3.58. The summed E-state index contributed by atoms with van der Waals surface area (Å²) in [6, 6.07) is 2.92. The zero-order valence-electron chi connectivity index (χ0n) is 13.3. The Bertz CT molecular complexity index is 785. The molecule has 24 heavy (non-hydrogen) atoms. The Morgan fingerprint density at radius 2 is 2.17 bits per heavy atom. The maximum Gasteiger partial charge on any atom is 0.257 e. The molecule has 0 saturated carbocycles. The van der Waals surface area contributed by atoms with Crippen LogP contribution in [-0.4, -0.2) is 49.1 Å². The molecule has 3 rings (SSSR count). The molecule has 1 fully saturated rings. The fraction of sp³-hybridized carbons (Fsp3) is 0.400. The summed E-state index contributed by atoms with van der Waals surface area (Å²) in [5.41, 5.74) is 0. The number of hydrogen-bond donors (Lipinski definition) is 1. The summed E-state index contributed by atoms with van der Waals surface area (Å²) in [4.78, 5) is 14.5. The molecule has 1 saturated heterocycles. The van der Waals surface area contributed by atoms with Crippen molar-refractivity contribution in [3.05, 3.63) is 36.9 Å². The first kappa shape index (κ1) is 16.6. The van der Waals surface area contributed by atoms with E-state index in [1.165, 1.54) is 12.3 Å². The Kier molecular flexibility index (Phi) is 4.91. The van der Waals surface area contributed by atoms with Gasteiger partial charge in [-0.3, -0.25) is 4.98 Å². The highest BCUT2D eigenvalue weighted by molar-refractivity contribution is 7.89. The lowest BCUT2D eigenvalue weighted by Crippen LogP contribution is -2.37. The van der Waals surface area contributed by atoms with Crippen LogP contribution in [0.4, 0.5) is 5.82 Å². The Labute approximate surface area is 141 Å². The van der Waals surface area contributed by atoms with Gasteiger partial charge >= 0.3 is 0 Å². The van der Waals surface area contributed by atoms with Crippen molar-refractivity contribution >= 4 is 15.8 Å². The van der Waals surface area contributed by atoms with Gasteiger partial charge in [-0.15, -0.1) is 0 Å². The van der Waals surface area contributed by atoms with Crippen LogP contribution in [0.2, 0.25) is 0 Å². The van der Waals surface area contributed by atoms with Crippen LogP contribution in [0.15, 0.2) is 41.8 Å². The summed E-state index contributed by atoms with van der Waals surface area (Å²) >= 11 is 0. The fourth-order valence-corrected chi connectivity index (χ4v) is 3.84. The maximum absolute atomic E-state index is 12.4. The average Bonchev–Trinajstić information content (AvgIpc) is 3.04. The van der Waals surface area contributed by atoms with Gasteiger partial charge in [0.05, 0.1) is 6.61 Å². The second-order valence-electron chi connectivity index (χ2n) is 5.36. The van der Waals surface area contributed by atoms with Gasteiger partial charge in [0.2, 0.25) is 10.0 Å². The number of hydrogen-bond acceptors (Lipinski definition) is 7. The van der Waals surface area contributed by atoms with Gasteiger partial charge in [0, 0.05) is 43.9 Å². The SMILES string of the molecule is CCOc1nccnc1N1CC[C@H](NS(=O)(=O)c2cccnc2)C1. The number of sulfonamides is 1. The lowest BCUT2D eigenvalue weighted by atomic mass is 10.3. The molecule has 0 aromatic carbocycles. The van der Waals surface area contributed by atoms with E-state index >= 15 is 0 Å². The van der Waals surface area contributed by atoms with Crippen molar-refractivity contribution in [1.29, 1.82) is 0 Å². The molecule has 3 heterocycles. The largest absolute Gasteiger partial charge is 0.475 e. The second-order valence-corrected chi connectivity index (χ2v) is 7.07. The number of rotatable bonds is 6. The molecule has 0 radical (unpaired) electrons. The topological polar surface area (TPSA) is 97.3 Å². The van der Waals surface area contributed by atoms with Crippen molar-refractivity contribution in [1.82, 2.24) is 19.7 Å². The summed E-state index contributed by atoms with van der Waals surface area (Å²) in [6.45, 7) is 3.57. The van der Waals surface area contributed by atoms with Gasteiger partial charge in [0.1, 0.15) is 4.90 Å². The van der Waals surface area contributed by atoms with Crippen molar-refractivity contribution in [2.45, 2.75) is 24.3 Å². The first-order valence-electron chi connectivity index (χ1n) is 7.71. The van der Waals surface area contributed by atoms with Crippen LogP contribution in [-0.2, 0) is 10.0 Å². The minimum Gasteiger partial charge on any atom is -0.475 e. The molecule has 0 amide bonds. The van der Waals surface area contributed by atoms with E-state index in [1.807, 2.05) is 11.8 Å². The third-order valence-electron chi connectivity index (χ3n) is 3.68. The highest BCUT2D eigenvalue weighted by Crippen LogP contribution is 2.26. The van der Waals surface area contributed by atoms with Crippen LogP contribution in [0.1, 0.15) is 13.3 Å². The van der Waals surface area contributed by atoms with E-state index in [4.69, 9.17) is 4.74 Å². The highest BCUT2D eigenvalue weighted by atomic mass is 32.2. The number of nitrogens with one attached hydrogen (secondary N) is 1. The van der Waals surface area contributed by atoms with Crippen LogP contribution >= 0.6 is 0 Å². The first-order valence-corrected chi connectivity index (χ1v) is 9.19. The smallest absolute Gasteiger partial charge is 0.257 e. The lowest BCUT2D eigenvalue weighted by molar-refractivity contribution is 0.326. The normalized spacial score (nSPS) is 17.9. The van der Waals surface area contributed by atoms with Gasteiger partial charge in [-0.2, -0.15) is 0 Å². The zero-order valence-corrected chi connectivity index (χ0v) is 14.1. The van der Waals surface area contributed by atoms with E-state index in [1.54, 1.807) is 24.7 Å². The Balaban J connectivity index is 1.70. The van der Waals surface area contributed by atoms with Gasteiger partial charge in [0.25, 0.3) is 5.88 Å². The van der Waals surface area contributed by atoms with Crippen LogP contribution in [0.3, 0.4) is 0 Å². The highest BCUT2D eigenvalue weighted by Gasteiger charge is 2.29. The van der Waals surface area contributed by atoms with Crippen LogP contribution in [0, 0.1) is 0 Å². The molecule has 2 aromatic rings. The molecule has 1 atom stereocenters. The second kappa shape index (κ2) is 7.10.